The van der Waals surface area contributed by atoms with Crippen molar-refractivity contribution in [3.8, 4) is 0 Å². The number of anilines is 1. The third-order valence-corrected chi connectivity index (χ3v) is 3.81. The Hall–Kier alpha value is -2.77. The number of nitro benzene ring substituents is 1. The van der Waals surface area contributed by atoms with E-state index in [2.05, 4.69) is 10.4 Å². The summed E-state index contributed by atoms with van der Waals surface area (Å²) in [6, 6.07) is 3.02. The molecule has 0 aliphatic carbocycles. The van der Waals surface area contributed by atoms with Crippen LogP contribution in [0.15, 0.2) is 18.2 Å². The summed E-state index contributed by atoms with van der Waals surface area (Å²) in [5.74, 6) is -1.70. The van der Waals surface area contributed by atoms with Gasteiger partial charge in [0.15, 0.2) is 0 Å². The molecule has 0 saturated heterocycles. The first-order chi connectivity index (χ1) is 10.7. The van der Waals surface area contributed by atoms with Gasteiger partial charge in [-0.15, -0.1) is 0 Å². The minimum Gasteiger partial charge on any atom is -0.320 e. The minimum atomic E-state index is -0.735. The largest absolute Gasteiger partial charge is 0.320 e. The van der Waals surface area contributed by atoms with E-state index in [0.29, 0.717) is 0 Å². The third kappa shape index (κ3) is 3.20. The summed E-state index contributed by atoms with van der Waals surface area (Å²) in [6.45, 7) is 5.34. The van der Waals surface area contributed by atoms with E-state index < -0.39 is 28.3 Å². The number of aryl methyl sites for hydroxylation is 2. The Morgan fingerprint density at radius 1 is 1.43 bits per heavy atom. The van der Waals surface area contributed by atoms with Gasteiger partial charge < -0.3 is 5.32 Å². The molecule has 1 unspecified atom stereocenters. The van der Waals surface area contributed by atoms with Crippen LogP contribution in [0.25, 0.3) is 0 Å². The van der Waals surface area contributed by atoms with E-state index in [9.17, 15) is 19.3 Å². The van der Waals surface area contributed by atoms with E-state index in [1.165, 1.54) is 6.07 Å². The highest BCUT2D eigenvalue weighted by molar-refractivity contribution is 5.97. The monoisotopic (exact) mass is 320 g/mol. The average Bonchev–Trinajstić information content (AvgIpc) is 2.73. The molecule has 0 aliphatic rings. The molecule has 7 nitrogen and oxygen atoms in total. The predicted molar refractivity (Wildman–Crippen MR) is 82.8 cm³/mol. The lowest BCUT2D eigenvalue weighted by Gasteiger charge is -2.13. The number of amides is 1. The zero-order chi connectivity index (χ0) is 17.3. The summed E-state index contributed by atoms with van der Waals surface area (Å²) in [6.07, 6.45) is 0. The second-order valence-corrected chi connectivity index (χ2v) is 5.34. The van der Waals surface area contributed by atoms with Gasteiger partial charge in [0.2, 0.25) is 5.91 Å². The molecular formula is C15H17FN4O3. The van der Waals surface area contributed by atoms with Crippen molar-refractivity contribution in [3.05, 3.63) is 51.1 Å². The number of halogens is 1. The molecule has 0 aliphatic heterocycles. The quantitative estimate of drug-likeness (QED) is 0.693. The molecule has 2 aromatic rings. The Bertz CT molecular complexity index is 785. The van der Waals surface area contributed by atoms with Gasteiger partial charge >= 0.3 is 0 Å². The van der Waals surface area contributed by atoms with Crippen LogP contribution in [0.3, 0.4) is 0 Å². The topological polar surface area (TPSA) is 90.1 Å². The fourth-order valence-electron chi connectivity index (χ4n) is 2.55. The fourth-order valence-corrected chi connectivity index (χ4v) is 2.55. The van der Waals surface area contributed by atoms with E-state index in [1.54, 1.807) is 25.6 Å². The molecule has 2 rings (SSSR count). The van der Waals surface area contributed by atoms with Crippen molar-refractivity contribution in [2.75, 3.05) is 5.32 Å². The van der Waals surface area contributed by atoms with Gasteiger partial charge in [0, 0.05) is 18.3 Å². The Morgan fingerprint density at radius 2 is 2.09 bits per heavy atom. The molecule has 0 spiro atoms. The maximum Gasteiger partial charge on any atom is 0.295 e. The van der Waals surface area contributed by atoms with Gasteiger partial charge in [-0.3, -0.25) is 19.6 Å². The molecule has 0 bridgehead atoms. The molecule has 8 heteroatoms. The summed E-state index contributed by atoms with van der Waals surface area (Å²) in [7, 11) is 1.78. The number of carbonyl (C=O) groups is 1. The number of benzene rings is 1. The second kappa shape index (κ2) is 6.15. The van der Waals surface area contributed by atoms with Gasteiger partial charge in [-0.05, 0) is 32.9 Å². The van der Waals surface area contributed by atoms with Gasteiger partial charge in [-0.25, -0.2) is 4.39 Å². The standard InChI is InChI=1S/C15H17FN4O3/c1-8(14-9(2)18-19(4)10(14)3)15(21)17-12-6-5-11(16)7-13(12)20(22)23/h5-8H,1-4H3,(H,17,21). The highest BCUT2D eigenvalue weighted by Gasteiger charge is 2.25. The SMILES string of the molecule is Cc1nn(C)c(C)c1C(C)C(=O)Nc1ccc(F)cc1[N+](=O)[O-]. The first-order valence-corrected chi connectivity index (χ1v) is 6.97. The lowest BCUT2D eigenvalue weighted by atomic mass is 9.98. The van der Waals surface area contributed by atoms with Gasteiger partial charge in [0.25, 0.3) is 5.69 Å². The van der Waals surface area contributed by atoms with Crippen LogP contribution in [0, 0.1) is 29.8 Å². The molecule has 0 fully saturated rings. The Balaban J connectivity index is 2.31. The number of rotatable bonds is 4. The molecule has 0 saturated carbocycles. The zero-order valence-electron chi connectivity index (χ0n) is 13.3. The number of nitro groups is 1. The zero-order valence-corrected chi connectivity index (χ0v) is 13.3. The Morgan fingerprint density at radius 3 is 2.61 bits per heavy atom. The van der Waals surface area contributed by atoms with Crippen LogP contribution >= 0.6 is 0 Å². The van der Waals surface area contributed by atoms with Crippen LogP contribution < -0.4 is 5.32 Å². The highest BCUT2D eigenvalue weighted by Crippen LogP contribution is 2.28. The van der Waals surface area contributed by atoms with Gasteiger partial charge in [-0.1, -0.05) is 0 Å². The molecule has 23 heavy (non-hydrogen) atoms. The van der Waals surface area contributed by atoms with E-state index in [1.807, 2.05) is 6.92 Å². The van der Waals surface area contributed by atoms with Crippen molar-refractivity contribution in [1.29, 1.82) is 0 Å². The molecular weight excluding hydrogens is 303 g/mol. The molecule has 1 atom stereocenters. The Labute approximate surface area is 132 Å². The van der Waals surface area contributed by atoms with Crippen LogP contribution in [-0.4, -0.2) is 20.6 Å². The van der Waals surface area contributed by atoms with E-state index in [-0.39, 0.29) is 5.69 Å². The summed E-state index contributed by atoms with van der Waals surface area (Å²) in [5, 5.41) is 17.7. The van der Waals surface area contributed by atoms with E-state index in [4.69, 9.17) is 0 Å². The number of hydrogen-bond donors (Lipinski definition) is 1. The van der Waals surface area contributed by atoms with Crippen molar-refractivity contribution in [2.24, 2.45) is 7.05 Å². The first-order valence-electron chi connectivity index (χ1n) is 6.97. The Kier molecular flexibility index (Phi) is 4.44. The number of aromatic nitrogens is 2. The molecule has 1 heterocycles. The maximum absolute atomic E-state index is 13.1. The van der Waals surface area contributed by atoms with Crippen molar-refractivity contribution < 1.29 is 14.1 Å². The summed E-state index contributed by atoms with van der Waals surface area (Å²) < 4.78 is 14.8. The van der Waals surface area contributed by atoms with Gasteiger partial charge in [-0.2, -0.15) is 5.10 Å². The highest BCUT2D eigenvalue weighted by atomic mass is 19.1. The van der Waals surface area contributed by atoms with Crippen LogP contribution in [0.5, 0.6) is 0 Å². The minimum absolute atomic E-state index is 0.0348. The van der Waals surface area contributed by atoms with Crippen molar-refractivity contribution >= 4 is 17.3 Å². The molecule has 122 valence electrons. The summed E-state index contributed by atoms with van der Waals surface area (Å²) in [4.78, 5) is 22.7. The normalized spacial score (nSPS) is 12.0. The molecule has 1 N–H and O–H groups in total. The van der Waals surface area contributed by atoms with Crippen LogP contribution in [0.4, 0.5) is 15.8 Å². The number of nitrogens with one attached hydrogen (secondary N) is 1. The van der Waals surface area contributed by atoms with Crippen molar-refractivity contribution in [2.45, 2.75) is 26.7 Å². The molecule has 1 aromatic carbocycles. The second-order valence-electron chi connectivity index (χ2n) is 5.34. The predicted octanol–water partition coefficient (Wildman–Crippen LogP) is 2.83. The number of carbonyl (C=O) groups excluding carboxylic acids is 1. The maximum atomic E-state index is 13.1. The van der Waals surface area contributed by atoms with E-state index in [0.717, 1.165) is 29.1 Å². The first kappa shape index (κ1) is 16.6. The van der Waals surface area contributed by atoms with Crippen molar-refractivity contribution in [3.63, 3.8) is 0 Å². The molecule has 1 aromatic heterocycles. The molecule has 1 amide bonds. The lowest BCUT2D eigenvalue weighted by Crippen LogP contribution is -2.20. The van der Waals surface area contributed by atoms with Crippen LogP contribution in [0.1, 0.15) is 29.8 Å². The van der Waals surface area contributed by atoms with Crippen molar-refractivity contribution in [1.82, 2.24) is 9.78 Å². The molecule has 0 radical (unpaired) electrons. The smallest absolute Gasteiger partial charge is 0.295 e. The van der Waals surface area contributed by atoms with Crippen LogP contribution in [0.2, 0.25) is 0 Å². The lowest BCUT2D eigenvalue weighted by molar-refractivity contribution is -0.384. The van der Waals surface area contributed by atoms with E-state index >= 15 is 0 Å². The fraction of sp³-hybridized carbons (Fsp3) is 0.333. The van der Waals surface area contributed by atoms with Gasteiger partial charge in [0.1, 0.15) is 11.5 Å². The summed E-state index contributed by atoms with van der Waals surface area (Å²) >= 11 is 0. The number of nitrogens with zero attached hydrogens (tertiary/aromatic N) is 3. The van der Waals surface area contributed by atoms with Gasteiger partial charge in [0.05, 0.1) is 22.6 Å². The third-order valence-electron chi connectivity index (χ3n) is 3.81. The van der Waals surface area contributed by atoms with Crippen LogP contribution in [-0.2, 0) is 11.8 Å². The summed E-state index contributed by atoms with van der Waals surface area (Å²) in [5.41, 5.74) is 1.83. The number of hydrogen-bond acceptors (Lipinski definition) is 4. The average molecular weight is 320 g/mol.